The zero-order valence-corrected chi connectivity index (χ0v) is 12.4. The van der Waals surface area contributed by atoms with Gasteiger partial charge in [0.25, 0.3) is 0 Å². The molecule has 0 bridgehead atoms. The Labute approximate surface area is 122 Å². The molecule has 7 heteroatoms. The monoisotopic (exact) mass is 326 g/mol. The Hall–Kier alpha value is -0.590. The number of benzene rings is 1. The van der Waals surface area contributed by atoms with Gasteiger partial charge in [-0.2, -0.15) is 13.2 Å². The Morgan fingerprint density at radius 2 is 1.68 bits per heavy atom. The number of Topliss-reactive ketones (excluding diaryl/α,β-unsaturated/α-hetero) is 1. The van der Waals surface area contributed by atoms with Crippen molar-refractivity contribution in [3.63, 3.8) is 0 Å². The molecule has 0 radical (unpaired) electrons. The number of allylic oxidation sites excluding steroid dienone is 1. The van der Waals surface area contributed by atoms with E-state index in [-0.39, 0.29) is 14.8 Å². The highest BCUT2D eigenvalue weighted by atomic mass is 35.5. The molecule has 0 atom stereocenters. The van der Waals surface area contributed by atoms with E-state index in [1.165, 1.54) is 30.7 Å². The second-order valence-corrected chi connectivity index (χ2v) is 5.68. The maximum absolute atomic E-state index is 13.1. The standard InChI is InChI=1S/C12H10ClF3OS2/c1-18-11(19-2)9(12(14,15)16)10(17)7-5-3-4-6-8(7)13/h3-6H,1-2H3. The summed E-state index contributed by atoms with van der Waals surface area (Å²) in [4.78, 5) is 12.1. The molecule has 0 aliphatic heterocycles. The molecule has 0 aromatic heterocycles. The molecule has 0 N–H and O–H groups in total. The number of carbonyl (C=O) groups is 1. The highest BCUT2D eigenvalue weighted by Crippen LogP contribution is 2.39. The average molecular weight is 327 g/mol. The highest BCUT2D eigenvalue weighted by molar-refractivity contribution is 8.21. The lowest BCUT2D eigenvalue weighted by Crippen LogP contribution is -2.21. The molecule has 1 rings (SSSR count). The van der Waals surface area contributed by atoms with Crippen molar-refractivity contribution in [3.8, 4) is 0 Å². The van der Waals surface area contributed by atoms with Crippen LogP contribution in [0.4, 0.5) is 13.2 Å². The molecule has 0 spiro atoms. The van der Waals surface area contributed by atoms with Crippen molar-refractivity contribution in [1.82, 2.24) is 0 Å². The molecule has 1 aromatic carbocycles. The Kier molecular flexibility index (Phi) is 5.82. The van der Waals surface area contributed by atoms with Crippen LogP contribution in [0.15, 0.2) is 34.1 Å². The maximum atomic E-state index is 13.1. The van der Waals surface area contributed by atoms with Gasteiger partial charge >= 0.3 is 6.18 Å². The fraction of sp³-hybridized carbons (Fsp3) is 0.250. The van der Waals surface area contributed by atoms with E-state index in [2.05, 4.69) is 0 Å². The quantitative estimate of drug-likeness (QED) is 0.571. The summed E-state index contributed by atoms with van der Waals surface area (Å²) in [6.07, 6.45) is -1.72. The molecular formula is C12H10ClF3OS2. The van der Waals surface area contributed by atoms with Gasteiger partial charge in [0.05, 0.1) is 9.26 Å². The summed E-state index contributed by atoms with van der Waals surface area (Å²) in [6, 6.07) is 5.71. The van der Waals surface area contributed by atoms with Crippen LogP contribution in [-0.4, -0.2) is 24.5 Å². The van der Waals surface area contributed by atoms with E-state index in [1.54, 1.807) is 6.07 Å². The van der Waals surface area contributed by atoms with E-state index >= 15 is 0 Å². The maximum Gasteiger partial charge on any atom is 0.421 e. The Morgan fingerprint density at radius 1 is 1.16 bits per heavy atom. The number of alkyl halides is 3. The van der Waals surface area contributed by atoms with Crippen LogP contribution in [0.2, 0.25) is 5.02 Å². The Bertz CT molecular complexity index is 506. The third-order valence-corrected chi connectivity index (χ3v) is 4.68. The fourth-order valence-corrected chi connectivity index (χ4v) is 3.12. The smallest absolute Gasteiger partial charge is 0.288 e. The van der Waals surface area contributed by atoms with Crippen LogP contribution in [0.25, 0.3) is 0 Å². The predicted molar refractivity (Wildman–Crippen MR) is 75.9 cm³/mol. The fourth-order valence-electron chi connectivity index (χ4n) is 1.40. The molecule has 0 fully saturated rings. The SMILES string of the molecule is CSC(SC)=C(C(=O)c1ccccc1Cl)C(F)(F)F. The molecule has 1 nitrogen and oxygen atoms in total. The minimum Gasteiger partial charge on any atom is -0.288 e. The first-order valence-electron chi connectivity index (χ1n) is 5.01. The Morgan fingerprint density at radius 3 is 2.11 bits per heavy atom. The number of hydrogen-bond donors (Lipinski definition) is 0. The molecule has 1 aromatic rings. The van der Waals surface area contributed by atoms with E-state index < -0.39 is 17.5 Å². The molecule has 19 heavy (non-hydrogen) atoms. The lowest BCUT2D eigenvalue weighted by atomic mass is 10.0. The zero-order valence-electron chi connectivity index (χ0n) is 10.0. The second-order valence-electron chi connectivity index (χ2n) is 3.38. The van der Waals surface area contributed by atoms with Crippen LogP contribution < -0.4 is 0 Å². The summed E-state index contributed by atoms with van der Waals surface area (Å²) < 4.78 is 39.1. The molecular weight excluding hydrogens is 317 g/mol. The number of thioether (sulfide) groups is 2. The van der Waals surface area contributed by atoms with Gasteiger partial charge in [0.15, 0.2) is 0 Å². The summed E-state index contributed by atoms with van der Waals surface area (Å²) >= 11 is 7.56. The minimum absolute atomic E-state index is 0.0100. The lowest BCUT2D eigenvalue weighted by Gasteiger charge is -2.15. The number of ketones is 1. The molecule has 0 heterocycles. The largest absolute Gasteiger partial charge is 0.421 e. The van der Waals surface area contributed by atoms with Gasteiger partial charge in [-0.15, -0.1) is 23.5 Å². The Balaban J connectivity index is 3.41. The molecule has 0 saturated carbocycles. The zero-order chi connectivity index (χ0) is 14.6. The van der Waals surface area contributed by atoms with Crippen molar-refractivity contribution in [3.05, 3.63) is 44.7 Å². The van der Waals surface area contributed by atoms with Gasteiger partial charge in [0.1, 0.15) is 5.57 Å². The molecule has 0 aliphatic carbocycles. The molecule has 0 saturated heterocycles. The van der Waals surface area contributed by atoms with Gasteiger partial charge in [-0.3, -0.25) is 4.79 Å². The van der Waals surface area contributed by atoms with Crippen molar-refractivity contribution in [2.75, 3.05) is 12.5 Å². The van der Waals surface area contributed by atoms with Crippen LogP contribution in [0.3, 0.4) is 0 Å². The van der Waals surface area contributed by atoms with Crippen molar-refractivity contribution in [2.24, 2.45) is 0 Å². The van der Waals surface area contributed by atoms with Gasteiger partial charge in [-0.25, -0.2) is 0 Å². The number of halogens is 4. The first-order chi connectivity index (χ1) is 8.82. The third kappa shape index (κ3) is 3.94. The van der Waals surface area contributed by atoms with Crippen LogP contribution >= 0.6 is 35.1 Å². The van der Waals surface area contributed by atoms with Crippen molar-refractivity contribution in [2.45, 2.75) is 6.18 Å². The van der Waals surface area contributed by atoms with E-state index in [1.807, 2.05) is 0 Å². The van der Waals surface area contributed by atoms with Crippen LogP contribution in [0, 0.1) is 0 Å². The average Bonchev–Trinajstić information content (AvgIpc) is 2.34. The van der Waals surface area contributed by atoms with Gasteiger partial charge < -0.3 is 0 Å². The van der Waals surface area contributed by atoms with Crippen molar-refractivity contribution >= 4 is 40.9 Å². The van der Waals surface area contributed by atoms with Crippen LogP contribution in [-0.2, 0) is 0 Å². The highest BCUT2D eigenvalue weighted by Gasteiger charge is 2.41. The van der Waals surface area contributed by atoms with Gasteiger partial charge in [0, 0.05) is 5.56 Å². The lowest BCUT2D eigenvalue weighted by molar-refractivity contribution is -0.0887. The van der Waals surface area contributed by atoms with Gasteiger partial charge in [-0.05, 0) is 24.6 Å². The topological polar surface area (TPSA) is 17.1 Å². The van der Waals surface area contributed by atoms with E-state index in [0.29, 0.717) is 0 Å². The van der Waals surface area contributed by atoms with E-state index in [4.69, 9.17) is 11.6 Å². The summed E-state index contributed by atoms with van der Waals surface area (Å²) in [6.45, 7) is 0. The van der Waals surface area contributed by atoms with E-state index in [0.717, 1.165) is 23.5 Å². The molecule has 0 amide bonds. The number of rotatable bonds is 4. The second kappa shape index (κ2) is 6.72. The molecule has 0 aliphatic rings. The normalized spacial score (nSPS) is 11.3. The first kappa shape index (κ1) is 16.5. The van der Waals surface area contributed by atoms with Gasteiger partial charge in [-0.1, -0.05) is 23.7 Å². The summed E-state index contributed by atoms with van der Waals surface area (Å²) in [5.74, 6) is -1.10. The van der Waals surface area contributed by atoms with Crippen LogP contribution in [0.1, 0.15) is 10.4 Å². The first-order valence-corrected chi connectivity index (χ1v) is 7.84. The van der Waals surface area contributed by atoms with Crippen molar-refractivity contribution < 1.29 is 18.0 Å². The number of hydrogen-bond acceptors (Lipinski definition) is 3. The molecule has 104 valence electrons. The third-order valence-electron chi connectivity index (χ3n) is 2.20. The van der Waals surface area contributed by atoms with Crippen LogP contribution in [0.5, 0.6) is 0 Å². The predicted octanol–water partition coefficient (Wildman–Crippen LogP) is 5.02. The summed E-state index contributed by atoms with van der Waals surface area (Å²) in [5.41, 5.74) is -1.31. The van der Waals surface area contributed by atoms with Crippen molar-refractivity contribution in [1.29, 1.82) is 0 Å². The summed E-state index contributed by atoms with van der Waals surface area (Å²) in [7, 11) is 0. The van der Waals surface area contributed by atoms with E-state index in [9.17, 15) is 18.0 Å². The number of carbonyl (C=O) groups excluding carboxylic acids is 1. The summed E-state index contributed by atoms with van der Waals surface area (Å²) in [5, 5.41) is 0.0100. The van der Waals surface area contributed by atoms with Gasteiger partial charge in [0.2, 0.25) is 5.78 Å². The molecule has 0 unspecified atom stereocenters. The minimum atomic E-state index is -4.71.